The number of piperazine rings is 1. The fraction of sp³-hybridized carbons (Fsp3) is 0.409. The average Bonchev–Trinajstić information content (AvgIpc) is 3.35. The highest BCUT2D eigenvalue weighted by molar-refractivity contribution is 7.89. The number of carbonyl (C=O) groups excluding carboxylic acids is 1. The van der Waals surface area contributed by atoms with Crippen molar-refractivity contribution < 1.29 is 21.6 Å². The van der Waals surface area contributed by atoms with Gasteiger partial charge in [-0.2, -0.15) is 8.61 Å². The van der Waals surface area contributed by atoms with Crippen LogP contribution in [-0.2, 0) is 25.8 Å². The van der Waals surface area contributed by atoms with Gasteiger partial charge in [0.05, 0.1) is 10.6 Å². The Bertz CT molecular complexity index is 1170. The summed E-state index contributed by atoms with van der Waals surface area (Å²) in [5, 5.41) is 0. The van der Waals surface area contributed by atoms with Crippen molar-refractivity contribution in [2.24, 2.45) is 0 Å². The highest BCUT2D eigenvalue weighted by atomic mass is 32.2. The van der Waals surface area contributed by atoms with Gasteiger partial charge >= 0.3 is 0 Å². The number of rotatable bonds is 6. The Labute approximate surface area is 189 Å². The van der Waals surface area contributed by atoms with E-state index < -0.39 is 20.0 Å². The van der Waals surface area contributed by atoms with Crippen molar-refractivity contribution >= 4 is 26.0 Å². The van der Waals surface area contributed by atoms with Gasteiger partial charge in [0.2, 0.25) is 20.0 Å². The first-order valence-corrected chi connectivity index (χ1v) is 13.7. The molecule has 172 valence electrons. The maximum absolute atomic E-state index is 13.0. The average molecular weight is 478 g/mol. The molecule has 32 heavy (non-hydrogen) atoms. The van der Waals surface area contributed by atoms with E-state index in [2.05, 4.69) is 0 Å². The molecule has 4 rings (SSSR count). The molecule has 2 heterocycles. The zero-order valence-electron chi connectivity index (χ0n) is 17.8. The van der Waals surface area contributed by atoms with E-state index in [9.17, 15) is 21.6 Å². The first kappa shape index (κ1) is 22.9. The molecular formula is C22H27N3O5S2. The maximum Gasteiger partial charge on any atom is 0.253 e. The predicted molar refractivity (Wildman–Crippen MR) is 121 cm³/mol. The van der Waals surface area contributed by atoms with Gasteiger partial charge in [-0.3, -0.25) is 4.79 Å². The van der Waals surface area contributed by atoms with E-state index in [0.29, 0.717) is 18.7 Å². The fourth-order valence-electron chi connectivity index (χ4n) is 4.10. The summed E-state index contributed by atoms with van der Waals surface area (Å²) in [5.74, 6) is -0.360. The summed E-state index contributed by atoms with van der Waals surface area (Å²) in [6.07, 6.45) is 1.69. The Balaban J connectivity index is 1.41. The molecule has 2 saturated heterocycles. The van der Waals surface area contributed by atoms with Crippen LogP contribution in [0.5, 0.6) is 0 Å². The van der Waals surface area contributed by atoms with Gasteiger partial charge in [-0.05, 0) is 36.6 Å². The van der Waals surface area contributed by atoms with E-state index in [4.69, 9.17) is 0 Å². The molecule has 1 amide bonds. The molecule has 0 radical (unpaired) electrons. The molecular weight excluding hydrogens is 450 g/mol. The Morgan fingerprint density at radius 1 is 0.750 bits per heavy atom. The maximum atomic E-state index is 13.0. The SMILES string of the molecule is O=C(c1cccc(S(=O)(=O)N2CCCC2)c1)N1CCN(S(=O)(=O)Cc2ccccc2)CC1. The van der Waals surface area contributed by atoms with Gasteiger partial charge in [0.1, 0.15) is 0 Å². The summed E-state index contributed by atoms with van der Waals surface area (Å²) < 4.78 is 54.0. The molecule has 2 aromatic carbocycles. The zero-order valence-corrected chi connectivity index (χ0v) is 19.4. The van der Waals surface area contributed by atoms with E-state index in [0.717, 1.165) is 18.4 Å². The van der Waals surface area contributed by atoms with Crippen molar-refractivity contribution in [3.8, 4) is 0 Å². The predicted octanol–water partition coefficient (Wildman–Crippen LogP) is 1.76. The van der Waals surface area contributed by atoms with Crippen LogP contribution in [0, 0.1) is 0 Å². The van der Waals surface area contributed by atoms with Crippen LogP contribution in [-0.4, -0.2) is 75.5 Å². The minimum absolute atomic E-state index is 0.0712. The molecule has 2 aromatic rings. The minimum Gasteiger partial charge on any atom is -0.336 e. The number of nitrogens with zero attached hydrogens (tertiary/aromatic N) is 3. The summed E-state index contributed by atoms with van der Waals surface area (Å²) in [6.45, 7) is 1.95. The third kappa shape index (κ3) is 4.88. The normalized spacial score (nSPS) is 18.7. The second-order valence-electron chi connectivity index (χ2n) is 8.07. The highest BCUT2D eigenvalue weighted by Crippen LogP contribution is 2.22. The smallest absolute Gasteiger partial charge is 0.253 e. The molecule has 0 N–H and O–H groups in total. The van der Waals surface area contributed by atoms with Gasteiger partial charge in [-0.15, -0.1) is 0 Å². The Morgan fingerprint density at radius 3 is 2.06 bits per heavy atom. The summed E-state index contributed by atoms with van der Waals surface area (Å²) in [5.41, 5.74) is 1.02. The van der Waals surface area contributed by atoms with Gasteiger partial charge in [0, 0.05) is 44.8 Å². The summed E-state index contributed by atoms with van der Waals surface area (Å²) in [7, 11) is -7.08. The first-order chi connectivity index (χ1) is 15.3. The highest BCUT2D eigenvalue weighted by Gasteiger charge is 2.31. The zero-order chi connectivity index (χ0) is 22.8. The number of amides is 1. The largest absolute Gasteiger partial charge is 0.336 e. The third-order valence-corrected chi connectivity index (χ3v) is 9.64. The molecule has 0 bridgehead atoms. The van der Waals surface area contributed by atoms with Crippen LogP contribution in [0.1, 0.15) is 28.8 Å². The number of hydrogen-bond acceptors (Lipinski definition) is 5. The second kappa shape index (κ2) is 9.30. The van der Waals surface area contributed by atoms with Crippen LogP contribution in [0.3, 0.4) is 0 Å². The lowest BCUT2D eigenvalue weighted by atomic mass is 10.2. The molecule has 10 heteroatoms. The van der Waals surface area contributed by atoms with Gasteiger partial charge in [-0.25, -0.2) is 16.8 Å². The molecule has 0 unspecified atom stereocenters. The number of carbonyl (C=O) groups is 1. The molecule has 0 atom stereocenters. The summed E-state index contributed by atoms with van der Waals surface area (Å²) in [6, 6.07) is 15.1. The number of sulfonamides is 2. The lowest BCUT2D eigenvalue weighted by molar-refractivity contribution is 0.0697. The van der Waals surface area contributed by atoms with Crippen molar-refractivity contribution in [3.63, 3.8) is 0 Å². The third-order valence-electron chi connectivity index (χ3n) is 5.89. The van der Waals surface area contributed by atoms with Gasteiger partial charge in [0.15, 0.2) is 0 Å². The lowest BCUT2D eigenvalue weighted by Crippen LogP contribution is -2.50. The van der Waals surface area contributed by atoms with Crippen LogP contribution in [0.25, 0.3) is 0 Å². The quantitative estimate of drug-likeness (QED) is 0.632. The van der Waals surface area contributed by atoms with Crippen molar-refractivity contribution in [1.29, 1.82) is 0 Å². The monoisotopic (exact) mass is 477 g/mol. The van der Waals surface area contributed by atoms with E-state index in [-0.39, 0.29) is 42.7 Å². The standard InChI is InChI=1S/C22H27N3O5S2/c26-22(20-9-6-10-21(17-20)32(29,30)25-11-4-5-12-25)23-13-15-24(16-14-23)31(27,28)18-19-7-2-1-3-8-19/h1-3,6-10,17H,4-5,11-16,18H2. The number of benzene rings is 2. The minimum atomic E-state index is -3.61. The van der Waals surface area contributed by atoms with Crippen molar-refractivity contribution in [1.82, 2.24) is 13.5 Å². The van der Waals surface area contributed by atoms with Crippen LogP contribution in [0.2, 0.25) is 0 Å². The first-order valence-electron chi connectivity index (χ1n) is 10.7. The fourth-order valence-corrected chi connectivity index (χ4v) is 7.17. The number of hydrogen-bond donors (Lipinski definition) is 0. The van der Waals surface area contributed by atoms with Crippen LogP contribution in [0.4, 0.5) is 0 Å². The Kier molecular flexibility index (Phi) is 6.66. The van der Waals surface area contributed by atoms with Crippen LogP contribution >= 0.6 is 0 Å². The molecule has 0 saturated carbocycles. The molecule has 2 aliphatic rings. The van der Waals surface area contributed by atoms with E-state index in [1.807, 2.05) is 6.07 Å². The van der Waals surface area contributed by atoms with Crippen molar-refractivity contribution in [2.45, 2.75) is 23.5 Å². The molecule has 0 aliphatic carbocycles. The molecule has 0 spiro atoms. The second-order valence-corrected chi connectivity index (χ2v) is 12.0. The summed E-state index contributed by atoms with van der Waals surface area (Å²) in [4.78, 5) is 14.7. The Morgan fingerprint density at radius 2 is 1.41 bits per heavy atom. The topological polar surface area (TPSA) is 95.1 Å². The van der Waals surface area contributed by atoms with E-state index in [1.165, 1.54) is 20.7 Å². The van der Waals surface area contributed by atoms with Gasteiger partial charge in [0.25, 0.3) is 5.91 Å². The molecule has 2 aliphatic heterocycles. The van der Waals surface area contributed by atoms with Gasteiger partial charge in [-0.1, -0.05) is 36.4 Å². The van der Waals surface area contributed by atoms with Crippen molar-refractivity contribution in [3.05, 3.63) is 65.7 Å². The van der Waals surface area contributed by atoms with E-state index in [1.54, 1.807) is 41.3 Å². The molecule has 2 fully saturated rings. The van der Waals surface area contributed by atoms with Gasteiger partial charge < -0.3 is 4.90 Å². The van der Waals surface area contributed by atoms with E-state index >= 15 is 0 Å². The summed E-state index contributed by atoms with van der Waals surface area (Å²) >= 11 is 0. The van der Waals surface area contributed by atoms with Crippen molar-refractivity contribution in [2.75, 3.05) is 39.3 Å². The van der Waals surface area contributed by atoms with Crippen LogP contribution < -0.4 is 0 Å². The lowest BCUT2D eigenvalue weighted by Gasteiger charge is -2.34. The Hall–Kier alpha value is -2.27. The molecule has 8 nitrogen and oxygen atoms in total. The molecule has 0 aromatic heterocycles. The van der Waals surface area contributed by atoms with Crippen LogP contribution in [0.15, 0.2) is 59.5 Å².